The number of carbonyl (C=O) groups is 1. The van der Waals surface area contributed by atoms with Gasteiger partial charge in [-0.25, -0.2) is 9.82 Å². The highest BCUT2D eigenvalue weighted by Gasteiger charge is 2.21. The van der Waals surface area contributed by atoms with E-state index < -0.39 is 28.6 Å². The van der Waals surface area contributed by atoms with Crippen LogP contribution >= 0.6 is 0 Å². The van der Waals surface area contributed by atoms with Gasteiger partial charge >= 0.3 is 0 Å². The summed E-state index contributed by atoms with van der Waals surface area (Å²) in [4.78, 5) is 25.0. The van der Waals surface area contributed by atoms with Gasteiger partial charge in [-0.05, 0) is 25.1 Å². The van der Waals surface area contributed by atoms with Gasteiger partial charge in [0, 0.05) is 17.5 Å². The van der Waals surface area contributed by atoms with Crippen molar-refractivity contribution in [2.75, 3.05) is 0 Å². The standard InChI is InChI=1S/C19H16FN3O3/c1-2-23-15-10-6-4-8-13(15)17(24)16(19(23)26)18(25)22-21-11-12-7-3-5-9-14(12)20/h3-11,24H,2H2,1H3,(H,22,25)/b21-11+. The minimum atomic E-state index is -0.868. The first-order valence-electron chi connectivity index (χ1n) is 7.97. The number of benzene rings is 2. The number of nitrogens with zero attached hydrogens (tertiary/aromatic N) is 2. The summed E-state index contributed by atoms with van der Waals surface area (Å²) in [6, 6.07) is 12.7. The van der Waals surface area contributed by atoms with Gasteiger partial charge in [0.2, 0.25) is 0 Å². The molecule has 0 fully saturated rings. The summed E-state index contributed by atoms with van der Waals surface area (Å²) in [5.41, 5.74) is 1.85. The molecule has 1 aromatic heterocycles. The van der Waals surface area contributed by atoms with Gasteiger partial charge in [-0.3, -0.25) is 9.59 Å². The Morgan fingerprint density at radius 3 is 2.65 bits per heavy atom. The number of halogens is 1. The number of nitrogens with one attached hydrogen (secondary N) is 1. The zero-order valence-corrected chi connectivity index (χ0v) is 13.9. The number of rotatable bonds is 4. The van der Waals surface area contributed by atoms with Gasteiger partial charge in [-0.1, -0.05) is 30.3 Å². The number of aromatic nitrogens is 1. The quantitative estimate of drug-likeness (QED) is 0.559. The number of fused-ring (bicyclic) bond motifs is 1. The van der Waals surface area contributed by atoms with Crippen LogP contribution in [0, 0.1) is 5.82 Å². The molecule has 7 heteroatoms. The number of para-hydroxylation sites is 1. The van der Waals surface area contributed by atoms with E-state index in [4.69, 9.17) is 0 Å². The maximum absolute atomic E-state index is 13.5. The van der Waals surface area contributed by atoms with Gasteiger partial charge in [0.1, 0.15) is 17.1 Å². The van der Waals surface area contributed by atoms with Crippen molar-refractivity contribution in [1.29, 1.82) is 0 Å². The fraction of sp³-hybridized carbons (Fsp3) is 0.105. The van der Waals surface area contributed by atoms with Crippen LogP contribution in [-0.2, 0) is 6.54 Å². The van der Waals surface area contributed by atoms with Crippen molar-refractivity contribution >= 4 is 23.0 Å². The number of carbonyl (C=O) groups excluding carboxylic acids is 1. The number of hydrogen-bond acceptors (Lipinski definition) is 4. The molecule has 0 bridgehead atoms. The van der Waals surface area contributed by atoms with Crippen LogP contribution in [0.1, 0.15) is 22.8 Å². The SMILES string of the molecule is CCn1c(=O)c(C(=O)N/N=C/c2ccccc2F)c(O)c2ccccc21. The first-order chi connectivity index (χ1) is 12.5. The summed E-state index contributed by atoms with van der Waals surface area (Å²) in [5, 5.41) is 14.5. The van der Waals surface area contributed by atoms with Crippen molar-refractivity contribution in [3.63, 3.8) is 0 Å². The van der Waals surface area contributed by atoms with Gasteiger partial charge in [0.25, 0.3) is 11.5 Å². The van der Waals surface area contributed by atoms with Crippen LogP contribution in [0.3, 0.4) is 0 Å². The van der Waals surface area contributed by atoms with E-state index in [2.05, 4.69) is 10.5 Å². The largest absolute Gasteiger partial charge is 0.506 e. The fourth-order valence-electron chi connectivity index (χ4n) is 2.70. The molecule has 0 radical (unpaired) electrons. The Morgan fingerprint density at radius 2 is 1.92 bits per heavy atom. The van der Waals surface area contributed by atoms with Crippen LogP contribution in [0.5, 0.6) is 5.75 Å². The van der Waals surface area contributed by atoms with Crippen molar-refractivity contribution in [3.05, 3.63) is 75.8 Å². The summed E-state index contributed by atoms with van der Waals surface area (Å²) >= 11 is 0. The number of hydrazone groups is 1. The molecule has 132 valence electrons. The molecule has 0 unspecified atom stereocenters. The molecule has 0 saturated heterocycles. The third-order valence-electron chi connectivity index (χ3n) is 3.96. The van der Waals surface area contributed by atoms with Crippen molar-refractivity contribution in [1.82, 2.24) is 9.99 Å². The first-order valence-corrected chi connectivity index (χ1v) is 7.97. The molecular formula is C19H16FN3O3. The average molecular weight is 353 g/mol. The molecule has 6 nitrogen and oxygen atoms in total. The Kier molecular flexibility index (Phi) is 4.79. The lowest BCUT2D eigenvalue weighted by Gasteiger charge is -2.12. The van der Waals surface area contributed by atoms with E-state index in [1.54, 1.807) is 37.3 Å². The molecule has 0 spiro atoms. The first kappa shape index (κ1) is 17.3. The zero-order valence-electron chi connectivity index (χ0n) is 13.9. The minimum Gasteiger partial charge on any atom is -0.506 e. The Hall–Kier alpha value is -3.48. The molecule has 0 aliphatic rings. The van der Waals surface area contributed by atoms with E-state index in [1.165, 1.54) is 22.8 Å². The van der Waals surface area contributed by atoms with Crippen LogP contribution in [0.4, 0.5) is 4.39 Å². The molecule has 1 heterocycles. The molecule has 0 aliphatic carbocycles. The van der Waals surface area contributed by atoms with Gasteiger partial charge in [-0.2, -0.15) is 5.10 Å². The second-order valence-corrected chi connectivity index (χ2v) is 5.51. The summed E-state index contributed by atoms with van der Waals surface area (Å²) in [6.07, 6.45) is 1.13. The maximum atomic E-state index is 13.5. The van der Waals surface area contributed by atoms with Crippen molar-refractivity contribution in [2.24, 2.45) is 5.10 Å². The average Bonchev–Trinajstić information content (AvgIpc) is 2.64. The molecule has 0 aliphatic heterocycles. The van der Waals surface area contributed by atoms with E-state index in [1.807, 2.05) is 0 Å². The molecule has 26 heavy (non-hydrogen) atoms. The topological polar surface area (TPSA) is 83.7 Å². The van der Waals surface area contributed by atoms with Gasteiger partial charge < -0.3 is 9.67 Å². The third kappa shape index (κ3) is 3.06. The normalized spacial score (nSPS) is 11.2. The number of aryl methyl sites for hydroxylation is 1. The predicted molar refractivity (Wildman–Crippen MR) is 97.0 cm³/mol. The van der Waals surface area contributed by atoms with Crippen LogP contribution in [0.25, 0.3) is 10.9 Å². The maximum Gasteiger partial charge on any atom is 0.280 e. The van der Waals surface area contributed by atoms with E-state index in [-0.39, 0.29) is 5.56 Å². The molecule has 3 rings (SSSR count). The summed E-state index contributed by atoms with van der Waals surface area (Å²) in [6.45, 7) is 2.10. The zero-order chi connectivity index (χ0) is 18.7. The summed E-state index contributed by atoms with van der Waals surface area (Å²) < 4.78 is 14.9. The van der Waals surface area contributed by atoms with Crippen LogP contribution in [0.15, 0.2) is 58.4 Å². The van der Waals surface area contributed by atoms with Gasteiger partial charge in [0.15, 0.2) is 0 Å². The third-order valence-corrected chi connectivity index (χ3v) is 3.96. The fourth-order valence-corrected chi connectivity index (χ4v) is 2.70. The number of amides is 1. The van der Waals surface area contributed by atoms with E-state index in [0.717, 1.165) is 6.21 Å². The number of aromatic hydroxyl groups is 1. The van der Waals surface area contributed by atoms with Crippen molar-refractivity contribution in [2.45, 2.75) is 13.5 Å². The Labute approximate surface area is 148 Å². The molecule has 3 aromatic rings. The lowest BCUT2D eigenvalue weighted by Crippen LogP contribution is -2.31. The lowest BCUT2D eigenvalue weighted by atomic mass is 10.1. The highest BCUT2D eigenvalue weighted by Crippen LogP contribution is 2.26. The minimum absolute atomic E-state index is 0.182. The van der Waals surface area contributed by atoms with Crippen molar-refractivity contribution < 1.29 is 14.3 Å². The second kappa shape index (κ2) is 7.18. The summed E-state index contributed by atoms with van der Waals surface area (Å²) in [7, 11) is 0. The molecule has 0 saturated carbocycles. The molecule has 2 aromatic carbocycles. The summed E-state index contributed by atoms with van der Waals surface area (Å²) in [5.74, 6) is -1.77. The van der Waals surface area contributed by atoms with E-state index in [0.29, 0.717) is 17.4 Å². The number of pyridine rings is 1. The molecule has 0 atom stereocenters. The van der Waals surface area contributed by atoms with Gasteiger partial charge in [-0.15, -0.1) is 0 Å². The second-order valence-electron chi connectivity index (χ2n) is 5.51. The van der Waals surface area contributed by atoms with Crippen molar-refractivity contribution in [3.8, 4) is 5.75 Å². The Morgan fingerprint density at radius 1 is 1.23 bits per heavy atom. The van der Waals surface area contributed by atoms with Crippen LogP contribution in [0.2, 0.25) is 0 Å². The predicted octanol–water partition coefficient (Wildman–Crippen LogP) is 2.63. The van der Waals surface area contributed by atoms with E-state index in [9.17, 15) is 19.1 Å². The smallest absolute Gasteiger partial charge is 0.280 e. The Bertz CT molecular complexity index is 1070. The monoisotopic (exact) mass is 353 g/mol. The molecular weight excluding hydrogens is 337 g/mol. The van der Waals surface area contributed by atoms with Crippen LogP contribution in [-0.4, -0.2) is 21.8 Å². The molecule has 2 N–H and O–H groups in total. The highest BCUT2D eigenvalue weighted by atomic mass is 19.1. The molecule has 1 amide bonds. The van der Waals surface area contributed by atoms with Gasteiger partial charge in [0.05, 0.1) is 11.7 Å². The number of hydrogen-bond donors (Lipinski definition) is 2. The highest BCUT2D eigenvalue weighted by molar-refractivity contribution is 6.02. The lowest BCUT2D eigenvalue weighted by molar-refractivity contribution is 0.0950. The van der Waals surface area contributed by atoms with Crippen LogP contribution < -0.4 is 11.0 Å². The Balaban J connectivity index is 1.98. The van der Waals surface area contributed by atoms with E-state index >= 15 is 0 Å².